The Morgan fingerprint density at radius 1 is 1.83 bits per heavy atom. The van der Waals surface area contributed by atoms with E-state index in [0.717, 1.165) is 17.9 Å². The van der Waals surface area contributed by atoms with Crippen molar-refractivity contribution in [3.05, 3.63) is 12.2 Å². The second kappa shape index (κ2) is 3.99. The standard InChI is InChI=1S/C9H15NOS/c1-7(2)4-10-5-8(6-12)3-9(10)11/h8,12H,1,3-6H2,2H3. The molecule has 1 heterocycles. The lowest BCUT2D eigenvalue weighted by molar-refractivity contribution is -0.127. The Balaban J connectivity index is 2.46. The number of likely N-dealkylation sites (tertiary alicyclic amines) is 1. The summed E-state index contributed by atoms with van der Waals surface area (Å²) in [6, 6.07) is 0. The van der Waals surface area contributed by atoms with Crippen molar-refractivity contribution in [2.24, 2.45) is 5.92 Å². The molecule has 3 heteroatoms. The second-order valence-electron chi connectivity index (χ2n) is 3.48. The Morgan fingerprint density at radius 3 is 2.92 bits per heavy atom. The third-order valence-corrected chi connectivity index (χ3v) is 2.53. The van der Waals surface area contributed by atoms with Crippen LogP contribution in [0.4, 0.5) is 0 Å². The van der Waals surface area contributed by atoms with Crippen LogP contribution in [0, 0.1) is 5.92 Å². The number of nitrogens with zero attached hydrogens (tertiary/aromatic N) is 1. The third-order valence-electron chi connectivity index (χ3n) is 2.01. The first-order valence-electron chi connectivity index (χ1n) is 4.16. The van der Waals surface area contributed by atoms with E-state index < -0.39 is 0 Å². The van der Waals surface area contributed by atoms with Gasteiger partial charge in [0.15, 0.2) is 0 Å². The molecule has 1 rings (SSSR count). The van der Waals surface area contributed by atoms with Gasteiger partial charge in [-0.05, 0) is 18.6 Å². The average Bonchev–Trinajstić information content (AvgIpc) is 2.31. The summed E-state index contributed by atoms with van der Waals surface area (Å²) in [5.74, 6) is 1.50. The fraction of sp³-hybridized carbons (Fsp3) is 0.667. The molecule has 0 aromatic heterocycles. The van der Waals surface area contributed by atoms with E-state index in [9.17, 15) is 4.79 Å². The molecule has 0 bridgehead atoms. The van der Waals surface area contributed by atoms with E-state index in [4.69, 9.17) is 0 Å². The Bertz CT molecular complexity index is 203. The zero-order valence-corrected chi connectivity index (χ0v) is 8.31. The van der Waals surface area contributed by atoms with Gasteiger partial charge in [-0.1, -0.05) is 12.2 Å². The van der Waals surface area contributed by atoms with E-state index in [-0.39, 0.29) is 5.91 Å². The van der Waals surface area contributed by atoms with Crippen molar-refractivity contribution < 1.29 is 4.79 Å². The first-order valence-corrected chi connectivity index (χ1v) is 4.79. The summed E-state index contributed by atoms with van der Waals surface area (Å²) in [6.07, 6.45) is 0.663. The van der Waals surface area contributed by atoms with Gasteiger partial charge in [0.25, 0.3) is 0 Å². The van der Waals surface area contributed by atoms with Gasteiger partial charge >= 0.3 is 0 Å². The van der Waals surface area contributed by atoms with Gasteiger partial charge in [-0.15, -0.1) is 0 Å². The topological polar surface area (TPSA) is 20.3 Å². The molecule has 1 unspecified atom stereocenters. The molecule has 0 radical (unpaired) electrons. The predicted octanol–water partition coefficient (Wildman–Crippen LogP) is 1.34. The number of thiol groups is 1. The van der Waals surface area contributed by atoms with Crippen molar-refractivity contribution in [3.8, 4) is 0 Å². The van der Waals surface area contributed by atoms with Gasteiger partial charge in [-0.2, -0.15) is 12.6 Å². The van der Waals surface area contributed by atoms with Gasteiger partial charge in [-0.3, -0.25) is 4.79 Å². The summed E-state index contributed by atoms with van der Waals surface area (Å²) in [6.45, 7) is 7.30. The molecule has 0 spiro atoms. The highest BCUT2D eigenvalue weighted by atomic mass is 32.1. The summed E-state index contributed by atoms with van der Waals surface area (Å²) in [7, 11) is 0. The van der Waals surface area contributed by atoms with Crippen molar-refractivity contribution in [2.45, 2.75) is 13.3 Å². The highest BCUT2D eigenvalue weighted by Crippen LogP contribution is 2.19. The molecular formula is C9H15NOS. The molecule has 1 aliphatic rings. The molecule has 0 saturated carbocycles. The summed E-state index contributed by atoms with van der Waals surface area (Å²) < 4.78 is 0. The molecule has 0 N–H and O–H groups in total. The normalized spacial score (nSPS) is 23.3. The van der Waals surface area contributed by atoms with Gasteiger partial charge in [0.05, 0.1) is 0 Å². The second-order valence-corrected chi connectivity index (χ2v) is 3.85. The van der Waals surface area contributed by atoms with E-state index in [0.29, 0.717) is 18.9 Å². The lowest BCUT2D eigenvalue weighted by atomic mass is 10.1. The van der Waals surface area contributed by atoms with E-state index in [2.05, 4.69) is 19.2 Å². The van der Waals surface area contributed by atoms with Gasteiger partial charge in [0.2, 0.25) is 5.91 Å². The molecule has 0 aliphatic carbocycles. The number of carbonyl (C=O) groups is 1. The monoisotopic (exact) mass is 185 g/mol. The van der Waals surface area contributed by atoms with E-state index >= 15 is 0 Å². The zero-order chi connectivity index (χ0) is 9.14. The molecule has 1 saturated heterocycles. The molecule has 2 nitrogen and oxygen atoms in total. The fourth-order valence-electron chi connectivity index (χ4n) is 1.45. The van der Waals surface area contributed by atoms with Crippen LogP contribution in [0.3, 0.4) is 0 Å². The third kappa shape index (κ3) is 2.27. The van der Waals surface area contributed by atoms with Gasteiger partial charge in [0, 0.05) is 19.5 Å². The van der Waals surface area contributed by atoms with Crippen LogP contribution >= 0.6 is 12.6 Å². The molecule has 1 fully saturated rings. The van der Waals surface area contributed by atoms with Crippen LogP contribution in [0.1, 0.15) is 13.3 Å². The number of rotatable bonds is 3. The molecule has 0 aromatic rings. The number of hydrogen-bond donors (Lipinski definition) is 1. The SMILES string of the molecule is C=C(C)CN1CC(CS)CC1=O. The van der Waals surface area contributed by atoms with Crippen molar-refractivity contribution >= 4 is 18.5 Å². The average molecular weight is 185 g/mol. The summed E-state index contributed by atoms with van der Waals surface area (Å²) in [5.41, 5.74) is 1.04. The number of amides is 1. The van der Waals surface area contributed by atoms with E-state index in [1.165, 1.54) is 0 Å². The smallest absolute Gasteiger partial charge is 0.223 e. The van der Waals surface area contributed by atoms with Gasteiger partial charge in [-0.25, -0.2) is 0 Å². The van der Waals surface area contributed by atoms with Gasteiger partial charge in [0.1, 0.15) is 0 Å². The van der Waals surface area contributed by atoms with Crippen LogP contribution in [0.25, 0.3) is 0 Å². The Hall–Kier alpha value is -0.440. The Kier molecular flexibility index (Phi) is 3.20. The molecule has 68 valence electrons. The predicted molar refractivity (Wildman–Crippen MR) is 53.4 cm³/mol. The fourth-order valence-corrected chi connectivity index (χ4v) is 1.70. The molecular weight excluding hydrogens is 170 g/mol. The number of hydrogen-bond acceptors (Lipinski definition) is 2. The van der Waals surface area contributed by atoms with Crippen LogP contribution < -0.4 is 0 Å². The Labute approximate surface area is 79.0 Å². The van der Waals surface area contributed by atoms with Crippen LogP contribution in [0.2, 0.25) is 0 Å². The molecule has 1 atom stereocenters. The minimum Gasteiger partial charge on any atom is -0.338 e. The maximum Gasteiger partial charge on any atom is 0.223 e. The van der Waals surface area contributed by atoms with Crippen molar-refractivity contribution in [1.82, 2.24) is 4.90 Å². The van der Waals surface area contributed by atoms with Gasteiger partial charge < -0.3 is 4.90 Å². The zero-order valence-electron chi connectivity index (χ0n) is 7.42. The number of carbonyl (C=O) groups excluding carboxylic acids is 1. The van der Waals surface area contributed by atoms with Crippen LogP contribution in [0.15, 0.2) is 12.2 Å². The minimum absolute atomic E-state index is 0.247. The molecule has 12 heavy (non-hydrogen) atoms. The first-order chi connectivity index (χ1) is 5.63. The van der Waals surface area contributed by atoms with E-state index in [1.54, 1.807) is 0 Å². The summed E-state index contributed by atoms with van der Waals surface area (Å²) in [5, 5.41) is 0. The summed E-state index contributed by atoms with van der Waals surface area (Å²) in [4.78, 5) is 13.2. The quantitative estimate of drug-likeness (QED) is 0.520. The highest BCUT2D eigenvalue weighted by Gasteiger charge is 2.27. The van der Waals surface area contributed by atoms with Crippen molar-refractivity contribution in [3.63, 3.8) is 0 Å². The molecule has 1 aliphatic heterocycles. The minimum atomic E-state index is 0.247. The maximum atomic E-state index is 11.3. The highest BCUT2D eigenvalue weighted by molar-refractivity contribution is 7.80. The van der Waals surface area contributed by atoms with Crippen LogP contribution in [-0.4, -0.2) is 29.6 Å². The molecule has 0 aromatic carbocycles. The first kappa shape index (κ1) is 9.65. The lowest BCUT2D eigenvalue weighted by Crippen LogP contribution is -2.26. The van der Waals surface area contributed by atoms with Crippen molar-refractivity contribution in [1.29, 1.82) is 0 Å². The van der Waals surface area contributed by atoms with Crippen molar-refractivity contribution in [2.75, 3.05) is 18.8 Å². The largest absolute Gasteiger partial charge is 0.338 e. The van der Waals surface area contributed by atoms with Crippen LogP contribution in [0.5, 0.6) is 0 Å². The molecule has 1 amide bonds. The lowest BCUT2D eigenvalue weighted by Gasteiger charge is -2.15. The van der Waals surface area contributed by atoms with E-state index in [1.807, 2.05) is 11.8 Å². The summed E-state index contributed by atoms with van der Waals surface area (Å²) >= 11 is 4.19. The Morgan fingerprint density at radius 2 is 2.50 bits per heavy atom. The maximum absolute atomic E-state index is 11.3. The van der Waals surface area contributed by atoms with Crippen LogP contribution in [-0.2, 0) is 4.79 Å².